The van der Waals surface area contributed by atoms with Gasteiger partial charge in [-0.15, -0.1) is 0 Å². The number of aliphatic hydroxyl groups excluding tert-OH is 1. The first-order chi connectivity index (χ1) is 16.7. The number of carbonyl (C=O) groups excluding carboxylic acids is 1. The topological polar surface area (TPSA) is 87.0 Å². The number of carbonyl (C=O) groups is 1. The van der Waals surface area contributed by atoms with Crippen LogP contribution < -0.4 is 5.32 Å². The van der Waals surface area contributed by atoms with E-state index in [2.05, 4.69) is 10.3 Å². The summed E-state index contributed by atoms with van der Waals surface area (Å²) >= 11 is 0. The molecule has 2 N–H and O–H groups in total. The van der Waals surface area contributed by atoms with E-state index in [1.165, 1.54) is 7.11 Å². The third-order valence-corrected chi connectivity index (χ3v) is 6.50. The highest BCUT2D eigenvalue weighted by molar-refractivity contribution is 6.02. The van der Waals surface area contributed by atoms with Crippen molar-refractivity contribution in [2.24, 2.45) is 5.10 Å². The van der Waals surface area contributed by atoms with Gasteiger partial charge >= 0.3 is 5.97 Å². The summed E-state index contributed by atoms with van der Waals surface area (Å²) in [7, 11) is 1.35. The molecule has 4 atom stereocenters. The van der Waals surface area contributed by atoms with Crippen LogP contribution in [0.3, 0.4) is 0 Å². The maximum absolute atomic E-state index is 13.6. The number of pyridine rings is 1. The third kappa shape index (κ3) is 3.54. The maximum Gasteiger partial charge on any atom is 0.337 e. The van der Waals surface area contributed by atoms with Crippen LogP contribution in [0.15, 0.2) is 102 Å². The predicted molar refractivity (Wildman–Crippen MR) is 130 cm³/mol. The largest absolute Gasteiger partial charge is 0.467 e. The number of hydrogen-bond acceptors (Lipinski definition) is 7. The first kappa shape index (κ1) is 21.9. The number of esters is 1. The lowest BCUT2D eigenvalue weighted by Crippen LogP contribution is -2.64. The molecule has 1 aromatic heterocycles. The molecule has 0 aliphatic carbocycles. The summed E-state index contributed by atoms with van der Waals surface area (Å²) in [4.78, 5) is 17.9. The molecule has 3 aromatic rings. The quantitative estimate of drug-likeness (QED) is 0.438. The lowest BCUT2D eigenvalue weighted by molar-refractivity contribution is -0.163. The van der Waals surface area contributed by atoms with Crippen LogP contribution in [-0.2, 0) is 9.53 Å². The van der Waals surface area contributed by atoms with Crippen LogP contribution in [0.1, 0.15) is 23.1 Å². The summed E-state index contributed by atoms with van der Waals surface area (Å²) in [5.41, 5.74) is 0.857. The van der Waals surface area contributed by atoms with E-state index in [4.69, 9.17) is 9.84 Å². The van der Waals surface area contributed by atoms with E-state index in [0.717, 1.165) is 11.1 Å². The molecule has 0 spiro atoms. The highest BCUT2D eigenvalue weighted by Crippen LogP contribution is 2.50. The van der Waals surface area contributed by atoms with Crippen molar-refractivity contribution >= 4 is 17.5 Å². The molecule has 7 heteroatoms. The molecule has 7 nitrogen and oxygen atoms in total. The number of fused-ring (bicyclic) bond motifs is 1. The Morgan fingerprint density at radius 2 is 1.68 bits per heavy atom. The Labute approximate surface area is 198 Å². The number of hydrazone groups is 1. The lowest BCUT2D eigenvalue weighted by atomic mass is 9.71. The van der Waals surface area contributed by atoms with Gasteiger partial charge in [-0.05, 0) is 23.3 Å². The second-order valence-corrected chi connectivity index (χ2v) is 8.35. The van der Waals surface area contributed by atoms with Crippen molar-refractivity contribution in [3.63, 3.8) is 0 Å². The fraction of sp³-hybridized carbons (Fsp3) is 0.222. The minimum absolute atomic E-state index is 0.233. The van der Waals surface area contributed by atoms with Crippen molar-refractivity contribution in [1.82, 2.24) is 9.99 Å². The van der Waals surface area contributed by atoms with E-state index in [1.54, 1.807) is 11.2 Å². The Morgan fingerprint density at radius 1 is 1.00 bits per heavy atom. The van der Waals surface area contributed by atoms with Gasteiger partial charge in [-0.25, -0.2) is 9.78 Å². The van der Waals surface area contributed by atoms with Crippen molar-refractivity contribution in [3.8, 4) is 0 Å². The van der Waals surface area contributed by atoms with Crippen LogP contribution in [0.5, 0.6) is 0 Å². The molecular weight excluding hydrogens is 428 g/mol. The molecule has 0 saturated heterocycles. The van der Waals surface area contributed by atoms with E-state index < -0.39 is 23.5 Å². The third-order valence-electron chi connectivity index (χ3n) is 6.50. The Bertz CT molecular complexity index is 1200. The molecule has 2 aliphatic heterocycles. The summed E-state index contributed by atoms with van der Waals surface area (Å²) < 4.78 is 5.33. The van der Waals surface area contributed by atoms with Gasteiger partial charge in [0.1, 0.15) is 11.9 Å². The molecule has 5 rings (SSSR count). The molecule has 2 aromatic carbocycles. The number of aliphatic hydroxyl groups is 1. The first-order valence-corrected chi connectivity index (χ1v) is 11.2. The Morgan fingerprint density at radius 3 is 2.32 bits per heavy atom. The zero-order chi connectivity index (χ0) is 23.5. The molecule has 172 valence electrons. The fourth-order valence-electron chi connectivity index (χ4n) is 4.91. The minimum atomic E-state index is -1.45. The molecule has 2 aliphatic rings. The molecular formula is C27H26N4O3. The molecule has 0 bridgehead atoms. The molecule has 4 unspecified atom stereocenters. The number of ether oxygens (including phenoxy) is 1. The van der Waals surface area contributed by atoms with E-state index in [1.807, 2.05) is 91.0 Å². The number of anilines is 1. The summed E-state index contributed by atoms with van der Waals surface area (Å²) in [6.45, 7) is 0.233. The van der Waals surface area contributed by atoms with Gasteiger partial charge in [-0.2, -0.15) is 5.10 Å². The van der Waals surface area contributed by atoms with Gasteiger partial charge < -0.3 is 15.2 Å². The zero-order valence-corrected chi connectivity index (χ0v) is 18.8. The van der Waals surface area contributed by atoms with Crippen molar-refractivity contribution in [3.05, 3.63) is 108 Å². The van der Waals surface area contributed by atoms with Crippen LogP contribution in [-0.4, -0.2) is 52.1 Å². The van der Waals surface area contributed by atoms with Crippen molar-refractivity contribution in [2.75, 3.05) is 19.0 Å². The Hall–Kier alpha value is -3.97. The maximum atomic E-state index is 13.6. The SMILES string of the molecule is COC(=O)C12C(O)C(CNc3ccccn3)=NN1C(c1ccccc1)C=CC2c1ccccc1. The highest BCUT2D eigenvalue weighted by Gasteiger charge is 2.64. The van der Waals surface area contributed by atoms with Crippen LogP contribution in [0.4, 0.5) is 5.82 Å². The number of nitrogens with one attached hydrogen (secondary N) is 1. The fourth-order valence-corrected chi connectivity index (χ4v) is 4.91. The second kappa shape index (κ2) is 9.11. The van der Waals surface area contributed by atoms with Crippen molar-refractivity contribution in [2.45, 2.75) is 23.6 Å². The predicted octanol–water partition coefficient (Wildman–Crippen LogP) is 3.53. The minimum Gasteiger partial charge on any atom is -0.467 e. The summed E-state index contributed by atoms with van der Waals surface area (Å²) in [5, 5.41) is 21.5. The van der Waals surface area contributed by atoms with Gasteiger partial charge in [0.15, 0.2) is 5.54 Å². The Kier molecular flexibility index (Phi) is 5.86. The normalized spacial score (nSPS) is 25.4. The molecule has 3 heterocycles. The average Bonchev–Trinajstić information content (AvgIpc) is 3.21. The first-order valence-electron chi connectivity index (χ1n) is 11.2. The van der Waals surface area contributed by atoms with Crippen LogP contribution in [0, 0.1) is 0 Å². The van der Waals surface area contributed by atoms with Gasteiger partial charge in [0.05, 0.1) is 25.4 Å². The number of nitrogens with zero attached hydrogens (tertiary/aromatic N) is 3. The van der Waals surface area contributed by atoms with Gasteiger partial charge in [0, 0.05) is 12.1 Å². The van der Waals surface area contributed by atoms with Gasteiger partial charge in [-0.3, -0.25) is 5.01 Å². The van der Waals surface area contributed by atoms with Crippen LogP contribution >= 0.6 is 0 Å². The van der Waals surface area contributed by atoms with E-state index in [9.17, 15) is 9.90 Å². The van der Waals surface area contributed by atoms with Gasteiger partial charge in [0.25, 0.3) is 0 Å². The molecule has 0 saturated carbocycles. The number of aromatic nitrogens is 1. The van der Waals surface area contributed by atoms with Crippen molar-refractivity contribution in [1.29, 1.82) is 0 Å². The lowest BCUT2D eigenvalue weighted by Gasteiger charge is -2.47. The molecule has 0 radical (unpaired) electrons. The molecule has 34 heavy (non-hydrogen) atoms. The van der Waals surface area contributed by atoms with Crippen LogP contribution in [0.2, 0.25) is 0 Å². The molecule has 0 amide bonds. The smallest absolute Gasteiger partial charge is 0.337 e. The van der Waals surface area contributed by atoms with E-state index in [-0.39, 0.29) is 12.6 Å². The summed E-state index contributed by atoms with van der Waals surface area (Å²) in [6, 6.07) is 24.7. The second-order valence-electron chi connectivity index (χ2n) is 8.35. The van der Waals surface area contributed by atoms with E-state index in [0.29, 0.717) is 11.5 Å². The monoisotopic (exact) mass is 454 g/mol. The van der Waals surface area contributed by atoms with Gasteiger partial charge in [-0.1, -0.05) is 78.9 Å². The number of methoxy groups -OCH3 is 1. The highest BCUT2D eigenvalue weighted by atomic mass is 16.5. The zero-order valence-electron chi connectivity index (χ0n) is 18.8. The van der Waals surface area contributed by atoms with Crippen molar-refractivity contribution < 1.29 is 14.6 Å². The number of benzene rings is 2. The summed E-state index contributed by atoms with van der Waals surface area (Å²) in [6.07, 6.45) is 4.53. The Balaban J connectivity index is 1.62. The van der Waals surface area contributed by atoms with Gasteiger partial charge in [0.2, 0.25) is 0 Å². The molecule has 0 fully saturated rings. The summed E-state index contributed by atoms with van der Waals surface area (Å²) in [5.74, 6) is -0.338. The van der Waals surface area contributed by atoms with E-state index >= 15 is 0 Å². The van der Waals surface area contributed by atoms with Crippen LogP contribution in [0.25, 0.3) is 0 Å². The number of rotatable bonds is 6. The number of hydrogen-bond donors (Lipinski definition) is 2. The standard InChI is InChI=1S/C27H26N4O3/c1-34-26(33)27-21(19-10-4-2-5-11-19)15-16-23(20-12-6-3-7-13-20)31(27)30-22(25(27)32)18-29-24-14-8-9-17-28-24/h2-17,21,23,25,32H,18H2,1H3,(H,28,29). The average molecular weight is 455 g/mol.